The van der Waals surface area contributed by atoms with Gasteiger partial charge in [-0.1, -0.05) is 60.7 Å². The molecular formula is C18H19NO2. The van der Waals surface area contributed by atoms with Gasteiger partial charge in [0.15, 0.2) is 0 Å². The summed E-state index contributed by atoms with van der Waals surface area (Å²) >= 11 is 0. The highest BCUT2D eigenvalue weighted by atomic mass is 16.6. The summed E-state index contributed by atoms with van der Waals surface area (Å²) in [7, 11) is 0. The van der Waals surface area contributed by atoms with Crippen molar-refractivity contribution in [1.82, 2.24) is 4.90 Å². The molecule has 0 aliphatic carbocycles. The van der Waals surface area contributed by atoms with Crippen LogP contribution in [0.3, 0.4) is 0 Å². The van der Waals surface area contributed by atoms with Crippen LogP contribution in [0.4, 0.5) is 4.79 Å². The van der Waals surface area contributed by atoms with E-state index in [1.165, 1.54) is 11.1 Å². The van der Waals surface area contributed by atoms with E-state index in [-0.39, 0.29) is 12.1 Å². The Kier molecular flexibility index (Phi) is 4.20. The molecule has 3 rings (SSSR count). The van der Waals surface area contributed by atoms with Crippen LogP contribution in [0.25, 0.3) is 0 Å². The first-order chi connectivity index (χ1) is 10.3. The molecule has 0 aromatic heterocycles. The number of hydrogen-bond acceptors (Lipinski definition) is 2. The first-order valence-corrected chi connectivity index (χ1v) is 7.34. The summed E-state index contributed by atoms with van der Waals surface area (Å²) < 4.78 is 5.11. The van der Waals surface area contributed by atoms with Gasteiger partial charge in [-0.2, -0.15) is 0 Å². The topological polar surface area (TPSA) is 29.5 Å². The molecule has 3 nitrogen and oxygen atoms in total. The van der Waals surface area contributed by atoms with Crippen molar-refractivity contribution < 1.29 is 9.53 Å². The lowest BCUT2D eigenvalue weighted by Crippen LogP contribution is -2.39. The molecular weight excluding hydrogens is 262 g/mol. The van der Waals surface area contributed by atoms with Gasteiger partial charge in [0.05, 0.1) is 6.54 Å². The minimum absolute atomic E-state index is 0.143. The van der Waals surface area contributed by atoms with E-state index in [1.807, 2.05) is 41.3 Å². The van der Waals surface area contributed by atoms with Crippen LogP contribution in [-0.2, 0) is 17.6 Å². The van der Waals surface area contributed by atoms with Gasteiger partial charge in [-0.3, -0.25) is 0 Å². The van der Waals surface area contributed by atoms with Crippen molar-refractivity contribution in [3.63, 3.8) is 0 Å². The molecule has 0 radical (unpaired) electrons. The van der Waals surface area contributed by atoms with Gasteiger partial charge in [0, 0.05) is 6.04 Å². The summed E-state index contributed by atoms with van der Waals surface area (Å²) in [6, 6.07) is 20.8. The van der Waals surface area contributed by atoms with Gasteiger partial charge in [-0.05, 0) is 24.0 Å². The summed E-state index contributed by atoms with van der Waals surface area (Å²) in [6.07, 6.45) is 1.52. The van der Waals surface area contributed by atoms with Crippen LogP contribution in [0.15, 0.2) is 60.7 Å². The molecule has 1 fully saturated rings. The van der Waals surface area contributed by atoms with E-state index in [9.17, 15) is 4.79 Å². The number of ether oxygens (including phenoxy) is 1. The lowest BCUT2D eigenvalue weighted by molar-refractivity contribution is 0.147. The van der Waals surface area contributed by atoms with Gasteiger partial charge in [-0.25, -0.2) is 4.79 Å². The van der Waals surface area contributed by atoms with E-state index in [2.05, 4.69) is 24.3 Å². The van der Waals surface area contributed by atoms with Gasteiger partial charge in [0.2, 0.25) is 0 Å². The third-order valence-electron chi connectivity index (χ3n) is 3.86. The molecule has 2 aromatic carbocycles. The Balaban J connectivity index is 1.79. The van der Waals surface area contributed by atoms with Gasteiger partial charge in [0.25, 0.3) is 0 Å². The van der Waals surface area contributed by atoms with Crippen LogP contribution in [0.2, 0.25) is 0 Å². The summed E-state index contributed by atoms with van der Waals surface area (Å²) in [5, 5.41) is 0. The van der Waals surface area contributed by atoms with Crippen LogP contribution < -0.4 is 0 Å². The van der Waals surface area contributed by atoms with Crippen LogP contribution in [0.1, 0.15) is 11.1 Å². The minimum atomic E-state index is -0.188. The van der Waals surface area contributed by atoms with Crippen LogP contribution in [0, 0.1) is 0 Å². The fraction of sp³-hybridized carbons (Fsp3) is 0.278. The van der Waals surface area contributed by atoms with Crippen molar-refractivity contribution >= 4 is 6.09 Å². The number of nitrogens with zero attached hydrogens (tertiary/aromatic N) is 1. The van der Waals surface area contributed by atoms with Crippen molar-refractivity contribution in [3.8, 4) is 0 Å². The summed E-state index contributed by atoms with van der Waals surface area (Å²) in [4.78, 5) is 13.8. The predicted molar refractivity (Wildman–Crippen MR) is 82.1 cm³/mol. The smallest absolute Gasteiger partial charge is 0.410 e. The van der Waals surface area contributed by atoms with E-state index in [0.717, 1.165) is 12.8 Å². The van der Waals surface area contributed by atoms with Gasteiger partial charge >= 0.3 is 6.09 Å². The van der Waals surface area contributed by atoms with Crippen LogP contribution >= 0.6 is 0 Å². The molecule has 1 heterocycles. The Morgan fingerprint density at radius 2 is 1.43 bits per heavy atom. The molecule has 0 N–H and O–H groups in total. The number of amides is 1. The Morgan fingerprint density at radius 3 is 1.86 bits per heavy atom. The molecule has 1 amide bonds. The molecule has 0 unspecified atom stereocenters. The van der Waals surface area contributed by atoms with Crippen molar-refractivity contribution in [2.45, 2.75) is 18.9 Å². The zero-order valence-electron chi connectivity index (χ0n) is 11.9. The van der Waals surface area contributed by atoms with Crippen LogP contribution in [0.5, 0.6) is 0 Å². The molecule has 108 valence electrons. The van der Waals surface area contributed by atoms with Crippen molar-refractivity contribution in [2.75, 3.05) is 13.2 Å². The molecule has 21 heavy (non-hydrogen) atoms. The average molecular weight is 281 g/mol. The van der Waals surface area contributed by atoms with Gasteiger partial charge in [-0.15, -0.1) is 0 Å². The fourth-order valence-corrected chi connectivity index (χ4v) is 2.80. The maximum atomic E-state index is 11.9. The highest BCUT2D eigenvalue weighted by Crippen LogP contribution is 2.18. The lowest BCUT2D eigenvalue weighted by atomic mass is 9.98. The lowest BCUT2D eigenvalue weighted by Gasteiger charge is -2.26. The molecule has 3 heteroatoms. The summed E-state index contributed by atoms with van der Waals surface area (Å²) in [5.74, 6) is 0. The largest absolute Gasteiger partial charge is 0.448 e. The molecule has 0 atom stereocenters. The number of cyclic esters (lactones) is 1. The van der Waals surface area contributed by atoms with E-state index in [4.69, 9.17) is 4.74 Å². The average Bonchev–Trinajstić information content (AvgIpc) is 2.95. The molecule has 0 saturated carbocycles. The molecule has 0 bridgehead atoms. The molecule has 2 aromatic rings. The summed E-state index contributed by atoms with van der Waals surface area (Å²) in [5.41, 5.74) is 2.50. The highest BCUT2D eigenvalue weighted by molar-refractivity contribution is 5.69. The number of rotatable bonds is 5. The Morgan fingerprint density at radius 1 is 0.905 bits per heavy atom. The van der Waals surface area contributed by atoms with Crippen molar-refractivity contribution in [1.29, 1.82) is 0 Å². The number of carbonyl (C=O) groups is 1. The van der Waals surface area contributed by atoms with Gasteiger partial charge in [0.1, 0.15) is 6.61 Å². The quantitative estimate of drug-likeness (QED) is 0.841. The standard InChI is InChI=1S/C18H19NO2/c20-18-19(11-12-21-18)17(13-15-7-3-1-4-8-15)14-16-9-5-2-6-10-16/h1-10,17H,11-14H2. The summed E-state index contributed by atoms with van der Waals surface area (Å²) in [6.45, 7) is 1.18. The molecule has 1 aliphatic heterocycles. The second-order valence-corrected chi connectivity index (χ2v) is 5.34. The Hall–Kier alpha value is -2.29. The first-order valence-electron chi connectivity index (χ1n) is 7.34. The number of hydrogen-bond donors (Lipinski definition) is 0. The zero-order valence-corrected chi connectivity index (χ0v) is 11.9. The molecule has 1 aliphatic rings. The van der Waals surface area contributed by atoms with Crippen molar-refractivity contribution in [2.24, 2.45) is 0 Å². The third-order valence-corrected chi connectivity index (χ3v) is 3.86. The maximum Gasteiger partial charge on any atom is 0.410 e. The van der Waals surface area contributed by atoms with E-state index in [0.29, 0.717) is 13.2 Å². The highest BCUT2D eigenvalue weighted by Gasteiger charge is 2.29. The maximum absolute atomic E-state index is 11.9. The second-order valence-electron chi connectivity index (χ2n) is 5.34. The second kappa shape index (κ2) is 6.44. The minimum Gasteiger partial charge on any atom is -0.448 e. The molecule has 0 spiro atoms. The monoisotopic (exact) mass is 281 g/mol. The Bertz CT molecular complexity index is 541. The predicted octanol–water partition coefficient (Wildman–Crippen LogP) is 3.29. The van der Waals surface area contributed by atoms with E-state index in [1.54, 1.807) is 0 Å². The Labute approximate surface area is 125 Å². The molecule has 1 saturated heterocycles. The van der Waals surface area contributed by atoms with Crippen LogP contribution in [-0.4, -0.2) is 30.2 Å². The van der Waals surface area contributed by atoms with E-state index < -0.39 is 0 Å². The zero-order chi connectivity index (χ0) is 14.5. The third kappa shape index (κ3) is 3.43. The SMILES string of the molecule is O=C1OCCN1C(Cc1ccccc1)Cc1ccccc1. The van der Waals surface area contributed by atoms with Gasteiger partial charge < -0.3 is 9.64 Å². The fourth-order valence-electron chi connectivity index (χ4n) is 2.80. The number of carbonyl (C=O) groups excluding carboxylic acids is 1. The normalized spacial score (nSPS) is 14.5. The van der Waals surface area contributed by atoms with Crippen molar-refractivity contribution in [3.05, 3.63) is 71.8 Å². The number of benzene rings is 2. The van der Waals surface area contributed by atoms with E-state index >= 15 is 0 Å². The first kappa shape index (κ1) is 13.7.